The molecule has 56 heavy (non-hydrogen) atoms. The van der Waals surface area contributed by atoms with Gasteiger partial charge >= 0.3 is 0 Å². The van der Waals surface area contributed by atoms with Crippen LogP contribution in [0.2, 0.25) is 0 Å². The highest BCUT2D eigenvalue weighted by atomic mass is 16.5. The van der Waals surface area contributed by atoms with Gasteiger partial charge in [0, 0.05) is 34.0 Å². The lowest BCUT2D eigenvalue weighted by Gasteiger charge is -2.38. The van der Waals surface area contributed by atoms with Crippen LogP contribution in [0.1, 0.15) is 45.2 Å². The van der Waals surface area contributed by atoms with E-state index in [1.807, 2.05) is 48.7 Å². The molecule has 3 aliphatic rings. The average molecular weight is 719 g/mol. The molecule has 8 aromatic rings. The quantitative estimate of drug-likeness (QED) is 0.193. The molecule has 11 rings (SSSR count). The molecule has 0 fully saturated rings. The highest BCUT2D eigenvalue weighted by molar-refractivity contribution is 6.13. The number of fused-ring (bicyclic) bond motifs is 9. The molecule has 1 aromatic heterocycles. The third-order valence-corrected chi connectivity index (χ3v) is 11.3. The lowest BCUT2D eigenvalue weighted by Crippen LogP contribution is -2.33. The summed E-state index contributed by atoms with van der Waals surface area (Å²) < 4.78 is 6.52. The number of pyridine rings is 1. The van der Waals surface area contributed by atoms with Gasteiger partial charge in [0.2, 0.25) is 0 Å². The minimum absolute atomic E-state index is 0.320. The molecule has 7 aromatic carbocycles. The van der Waals surface area contributed by atoms with E-state index < -0.39 is 5.41 Å². The number of rotatable bonds is 5. The van der Waals surface area contributed by atoms with Crippen molar-refractivity contribution in [3.8, 4) is 44.9 Å². The summed E-state index contributed by atoms with van der Waals surface area (Å²) >= 11 is 0. The maximum absolute atomic E-state index is 6.52. The third-order valence-electron chi connectivity index (χ3n) is 11.3. The minimum atomic E-state index is -0.614. The van der Waals surface area contributed by atoms with Crippen LogP contribution in [-0.2, 0) is 5.41 Å². The number of para-hydroxylation sites is 2. The van der Waals surface area contributed by atoms with Crippen LogP contribution in [0.25, 0.3) is 33.4 Å². The number of ether oxygens (including phenoxy) is 1. The standard InChI is InChI=1S/C51H34N4O/c1-3-12-33(13-4-1)34-21-25-37(26-22-34)49-53-48(36-14-5-2-6-15-36)54-50(55-49)38-27-23-35(24-28-38)39-29-30-40-41-16-11-31-52-47(41)51(44(40)32-39)42-17-7-9-19-45(42)56-46-20-10-8-18-43(46)51/h1-32,50H,(H,53,54,55). The van der Waals surface area contributed by atoms with E-state index in [2.05, 4.69) is 151 Å². The van der Waals surface area contributed by atoms with Crippen molar-refractivity contribution in [3.05, 3.63) is 233 Å². The van der Waals surface area contributed by atoms with Crippen molar-refractivity contribution in [3.63, 3.8) is 0 Å². The second kappa shape index (κ2) is 12.9. The summed E-state index contributed by atoms with van der Waals surface area (Å²) in [4.78, 5) is 15.3. The lowest BCUT2D eigenvalue weighted by atomic mass is 9.67. The molecule has 1 spiro atoms. The molecule has 0 amide bonds. The van der Waals surface area contributed by atoms with Gasteiger partial charge in [-0.2, -0.15) is 0 Å². The predicted molar refractivity (Wildman–Crippen MR) is 224 cm³/mol. The van der Waals surface area contributed by atoms with Crippen molar-refractivity contribution in [2.24, 2.45) is 9.98 Å². The molecule has 0 saturated carbocycles. The van der Waals surface area contributed by atoms with Crippen LogP contribution < -0.4 is 10.1 Å². The van der Waals surface area contributed by atoms with E-state index in [1.54, 1.807) is 0 Å². The number of nitrogens with zero attached hydrogens (tertiary/aromatic N) is 3. The van der Waals surface area contributed by atoms with E-state index in [9.17, 15) is 0 Å². The molecule has 1 unspecified atom stereocenters. The summed E-state index contributed by atoms with van der Waals surface area (Å²) in [5, 5.41) is 3.65. The molecule has 1 aliphatic carbocycles. The zero-order valence-electron chi connectivity index (χ0n) is 30.3. The van der Waals surface area contributed by atoms with Gasteiger partial charge in [-0.15, -0.1) is 0 Å². The van der Waals surface area contributed by atoms with Crippen LogP contribution in [-0.4, -0.2) is 16.7 Å². The Labute approximate surface area is 325 Å². The summed E-state index contributed by atoms with van der Waals surface area (Å²) in [6.45, 7) is 0. The zero-order valence-corrected chi connectivity index (χ0v) is 30.3. The molecule has 2 aliphatic heterocycles. The van der Waals surface area contributed by atoms with Gasteiger partial charge in [-0.05, 0) is 63.2 Å². The SMILES string of the molecule is c1ccc(C2=NC(c3ccc(-c4ccc5c(c4)C4(c6ccccc6Oc6ccccc64)c4ncccc4-5)cc3)NC(c3ccc(-c4ccccc4)cc3)=N2)cc1. The maximum Gasteiger partial charge on any atom is 0.159 e. The van der Waals surface area contributed by atoms with E-state index in [0.717, 1.165) is 73.1 Å². The Morgan fingerprint density at radius 1 is 0.464 bits per heavy atom. The van der Waals surface area contributed by atoms with Crippen molar-refractivity contribution in [2.45, 2.75) is 11.6 Å². The van der Waals surface area contributed by atoms with Crippen LogP contribution in [0.5, 0.6) is 11.5 Å². The fourth-order valence-corrected chi connectivity index (χ4v) is 8.65. The summed E-state index contributed by atoms with van der Waals surface area (Å²) in [5.41, 5.74) is 13.8. The first kappa shape index (κ1) is 32.1. The number of aliphatic imine (C=N–C) groups is 2. The number of hydrogen-bond donors (Lipinski definition) is 1. The van der Waals surface area contributed by atoms with Gasteiger partial charge in [-0.3, -0.25) is 4.98 Å². The van der Waals surface area contributed by atoms with E-state index in [4.69, 9.17) is 19.7 Å². The predicted octanol–water partition coefficient (Wildman–Crippen LogP) is 11.4. The molecule has 264 valence electrons. The number of aromatic nitrogens is 1. The Morgan fingerprint density at radius 2 is 1.04 bits per heavy atom. The third kappa shape index (κ3) is 5.05. The molecule has 1 atom stereocenters. The average Bonchev–Trinajstić information content (AvgIpc) is 3.57. The van der Waals surface area contributed by atoms with Gasteiger partial charge in [-0.25, -0.2) is 9.98 Å². The van der Waals surface area contributed by atoms with Gasteiger partial charge < -0.3 is 10.1 Å². The zero-order chi connectivity index (χ0) is 37.1. The number of amidine groups is 2. The molecular weight excluding hydrogens is 685 g/mol. The van der Waals surface area contributed by atoms with Crippen LogP contribution in [0, 0.1) is 0 Å². The van der Waals surface area contributed by atoms with Crippen LogP contribution in [0.15, 0.2) is 204 Å². The molecule has 5 nitrogen and oxygen atoms in total. The first-order chi connectivity index (χ1) is 27.7. The highest BCUT2D eigenvalue weighted by Crippen LogP contribution is 2.61. The molecule has 0 bridgehead atoms. The first-order valence-corrected chi connectivity index (χ1v) is 19.0. The van der Waals surface area contributed by atoms with Gasteiger partial charge in [0.05, 0.1) is 11.1 Å². The minimum Gasteiger partial charge on any atom is -0.457 e. The molecule has 1 N–H and O–H groups in total. The van der Waals surface area contributed by atoms with Gasteiger partial charge in [0.15, 0.2) is 5.84 Å². The second-order valence-electron chi connectivity index (χ2n) is 14.4. The van der Waals surface area contributed by atoms with E-state index in [-0.39, 0.29) is 6.17 Å². The van der Waals surface area contributed by atoms with E-state index in [1.165, 1.54) is 16.7 Å². The fourth-order valence-electron chi connectivity index (χ4n) is 8.65. The Kier molecular flexibility index (Phi) is 7.39. The maximum atomic E-state index is 6.52. The van der Waals surface area contributed by atoms with Crippen molar-refractivity contribution >= 4 is 11.7 Å². The van der Waals surface area contributed by atoms with Crippen molar-refractivity contribution in [2.75, 3.05) is 0 Å². The summed E-state index contributed by atoms with van der Waals surface area (Å²) in [5.74, 6) is 3.21. The topological polar surface area (TPSA) is 58.9 Å². The van der Waals surface area contributed by atoms with Gasteiger partial charge in [-0.1, -0.05) is 164 Å². The molecule has 0 radical (unpaired) electrons. The Morgan fingerprint density at radius 3 is 1.75 bits per heavy atom. The smallest absolute Gasteiger partial charge is 0.159 e. The van der Waals surface area contributed by atoms with E-state index >= 15 is 0 Å². The van der Waals surface area contributed by atoms with Crippen LogP contribution in [0.4, 0.5) is 0 Å². The van der Waals surface area contributed by atoms with Crippen LogP contribution in [0.3, 0.4) is 0 Å². The van der Waals surface area contributed by atoms with Crippen molar-refractivity contribution in [1.82, 2.24) is 10.3 Å². The van der Waals surface area contributed by atoms with Crippen LogP contribution >= 0.6 is 0 Å². The van der Waals surface area contributed by atoms with E-state index in [0.29, 0.717) is 5.84 Å². The Bertz CT molecular complexity index is 2800. The Hall–Kier alpha value is -7.37. The number of nitrogens with one attached hydrogen (secondary N) is 1. The molecule has 5 heteroatoms. The molecule has 3 heterocycles. The summed E-state index contributed by atoms with van der Waals surface area (Å²) in [7, 11) is 0. The monoisotopic (exact) mass is 718 g/mol. The fraction of sp³-hybridized carbons (Fsp3) is 0.0392. The van der Waals surface area contributed by atoms with Crippen molar-refractivity contribution in [1.29, 1.82) is 0 Å². The number of benzene rings is 7. The largest absolute Gasteiger partial charge is 0.457 e. The Balaban J connectivity index is 0.974. The second-order valence-corrected chi connectivity index (χ2v) is 14.4. The molecule has 0 saturated heterocycles. The molecular formula is C51H34N4O. The first-order valence-electron chi connectivity index (χ1n) is 19.0. The highest BCUT2D eigenvalue weighted by Gasteiger charge is 2.52. The van der Waals surface area contributed by atoms with Crippen molar-refractivity contribution < 1.29 is 4.74 Å². The lowest BCUT2D eigenvalue weighted by molar-refractivity contribution is 0.434. The summed E-state index contributed by atoms with van der Waals surface area (Å²) in [6.07, 6.45) is 1.59. The number of hydrogen-bond acceptors (Lipinski definition) is 5. The van der Waals surface area contributed by atoms with Gasteiger partial charge in [0.1, 0.15) is 23.5 Å². The normalized spacial score (nSPS) is 15.6. The van der Waals surface area contributed by atoms with Gasteiger partial charge in [0.25, 0.3) is 0 Å². The summed E-state index contributed by atoms with van der Waals surface area (Å²) in [6, 6.07) is 65.8.